The zero-order chi connectivity index (χ0) is 12.2. The fourth-order valence-corrected chi connectivity index (χ4v) is 1.49. The van der Waals surface area contributed by atoms with E-state index in [9.17, 15) is 0 Å². The molecule has 0 aromatic rings. The van der Waals surface area contributed by atoms with Crippen LogP contribution < -0.4 is 0 Å². The van der Waals surface area contributed by atoms with Crippen molar-refractivity contribution in [3.8, 4) is 23.7 Å². The molecule has 0 amide bonds. The number of hydrogen-bond donors (Lipinski definition) is 1. The minimum atomic E-state index is -0.0186. The van der Waals surface area contributed by atoms with Crippen molar-refractivity contribution in [2.75, 3.05) is 19.8 Å². The van der Waals surface area contributed by atoms with E-state index in [0.717, 1.165) is 25.9 Å². The zero-order valence-electron chi connectivity index (χ0n) is 10.2. The Bertz CT molecular complexity index is 297. The van der Waals surface area contributed by atoms with Crippen LogP contribution in [-0.2, 0) is 9.47 Å². The van der Waals surface area contributed by atoms with Gasteiger partial charge in [-0.25, -0.2) is 0 Å². The second kappa shape index (κ2) is 10.2. The molecule has 0 bridgehead atoms. The quantitative estimate of drug-likeness (QED) is 0.596. The van der Waals surface area contributed by atoms with Crippen molar-refractivity contribution in [2.45, 2.75) is 44.8 Å². The second-order valence-corrected chi connectivity index (χ2v) is 3.77. The smallest absolute Gasteiger partial charge is 0.157 e. The van der Waals surface area contributed by atoms with Crippen LogP contribution in [0.25, 0.3) is 0 Å². The average molecular weight is 236 g/mol. The van der Waals surface area contributed by atoms with Gasteiger partial charge in [0.2, 0.25) is 0 Å². The van der Waals surface area contributed by atoms with Gasteiger partial charge in [0.05, 0.1) is 19.6 Å². The van der Waals surface area contributed by atoms with Crippen molar-refractivity contribution in [3.63, 3.8) is 0 Å². The van der Waals surface area contributed by atoms with Crippen LogP contribution in [-0.4, -0.2) is 31.2 Å². The number of rotatable bonds is 4. The van der Waals surface area contributed by atoms with Gasteiger partial charge in [0.25, 0.3) is 0 Å². The molecule has 1 unspecified atom stereocenters. The maximum Gasteiger partial charge on any atom is 0.157 e. The summed E-state index contributed by atoms with van der Waals surface area (Å²) >= 11 is 0. The Hall–Kier alpha value is -1.00. The molecular formula is C14H20O3. The molecule has 17 heavy (non-hydrogen) atoms. The molecule has 1 fully saturated rings. The molecule has 0 radical (unpaired) electrons. The molecule has 94 valence electrons. The number of aliphatic hydroxyl groups is 1. The Kier molecular flexibility index (Phi) is 8.42. The van der Waals surface area contributed by atoms with E-state index in [1.807, 2.05) is 0 Å². The Morgan fingerprint density at radius 1 is 1.12 bits per heavy atom. The molecule has 1 aliphatic heterocycles. The van der Waals surface area contributed by atoms with Crippen LogP contribution in [0.5, 0.6) is 0 Å². The minimum absolute atomic E-state index is 0.0186. The van der Waals surface area contributed by atoms with Crippen LogP contribution in [0, 0.1) is 23.7 Å². The van der Waals surface area contributed by atoms with Gasteiger partial charge in [0.15, 0.2) is 6.29 Å². The molecular weight excluding hydrogens is 216 g/mol. The number of ether oxygens (including phenoxy) is 2. The van der Waals surface area contributed by atoms with E-state index in [2.05, 4.69) is 23.7 Å². The standard InChI is InChI=1S/C14H20O3/c15-11-7-4-2-1-3-5-8-12-16-14-10-6-9-13-17-14/h14-15H,1,6-13H2. The molecule has 1 heterocycles. The Labute approximate surface area is 103 Å². The van der Waals surface area contributed by atoms with Crippen molar-refractivity contribution in [3.05, 3.63) is 0 Å². The molecule has 0 saturated carbocycles. The van der Waals surface area contributed by atoms with E-state index in [1.54, 1.807) is 0 Å². The van der Waals surface area contributed by atoms with Crippen molar-refractivity contribution >= 4 is 0 Å². The van der Waals surface area contributed by atoms with Gasteiger partial charge < -0.3 is 14.6 Å². The van der Waals surface area contributed by atoms with Gasteiger partial charge >= 0.3 is 0 Å². The third kappa shape index (κ3) is 7.82. The largest absolute Gasteiger partial charge is 0.395 e. The van der Waals surface area contributed by atoms with Crippen LogP contribution >= 0.6 is 0 Å². The maximum absolute atomic E-state index is 8.50. The minimum Gasteiger partial charge on any atom is -0.395 e. The normalized spacial score (nSPS) is 18.8. The lowest BCUT2D eigenvalue weighted by atomic mass is 10.2. The van der Waals surface area contributed by atoms with E-state index < -0.39 is 0 Å². The first-order valence-corrected chi connectivity index (χ1v) is 6.19. The number of hydrogen-bond acceptors (Lipinski definition) is 3. The summed E-state index contributed by atoms with van der Waals surface area (Å²) in [4.78, 5) is 0. The molecule has 3 nitrogen and oxygen atoms in total. The van der Waals surface area contributed by atoms with Gasteiger partial charge in [0, 0.05) is 19.4 Å². The van der Waals surface area contributed by atoms with Crippen LogP contribution in [0.15, 0.2) is 0 Å². The lowest BCUT2D eigenvalue weighted by Gasteiger charge is -2.22. The lowest BCUT2D eigenvalue weighted by Crippen LogP contribution is -2.22. The summed E-state index contributed by atoms with van der Waals surface area (Å²) in [6.07, 6.45) is 5.14. The Balaban J connectivity index is 1.96. The fraction of sp³-hybridized carbons (Fsp3) is 0.714. The van der Waals surface area contributed by atoms with Gasteiger partial charge in [0.1, 0.15) is 0 Å². The lowest BCUT2D eigenvalue weighted by molar-refractivity contribution is -0.161. The third-order valence-electron chi connectivity index (χ3n) is 2.33. The van der Waals surface area contributed by atoms with E-state index in [0.29, 0.717) is 19.4 Å². The molecule has 1 rings (SSSR count). The summed E-state index contributed by atoms with van der Waals surface area (Å²) in [5.74, 6) is 11.7. The molecule has 3 heteroatoms. The summed E-state index contributed by atoms with van der Waals surface area (Å²) in [7, 11) is 0. The van der Waals surface area contributed by atoms with E-state index in [1.165, 1.54) is 6.42 Å². The third-order valence-corrected chi connectivity index (χ3v) is 2.33. The first-order valence-electron chi connectivity index (χ1n) is 6.19. The van der Waals surface area contributed by atoms with Gasteiger partial charge in [-0.3, -0.25) is 0 Å². The summed E-state index contributed by atoms with van der Waals surface area (Å²) in [5, 5.41) is 8.50. The SMILES string of the molecule is OCCC#CCC#CCCOC1CCCCO1. The summed E-state index contributed by atoms with van der Waals surface area (Å²) in [6.45, 7) is 1.56. The summed E-state index contributed by atoms with van der Waals surface area (Å²) in [5.41, 5.74) is 0. The molecule has 0 spiro atoms. The second-order valence-electron chi connectivity index (χ2n) is 3.77. The highest BCUT2D eigenvalue weighted by Gasteiger charge is 2.12. The van der Waals surface area contributed by atoms with Gasteiger partial charge in [-0.05, 0) is 19.3 Å². The van der Waals surface area contributed by atoms with E-state index >= 15 is 0 Å². The summed E-state index contributed by atoms with van der Waals surface area (Å²) in [6, 6.07) is 0. The predicted molar refractivity (Wildman–Crippen MR) is 66.0 cm³/mol. The first-order chi connectivity index (χ1) is 8.43. The monoisotopic (exact) mass is 236 g/mol. The topological polar surface area (TPSA) is 38.7 Å². The molecule has 0 aromatic heterocycles. The van der Waals surface area contributed by atoms with Gasteiger partial charge in [-0.1, -0.05) is 23.7 Å². The van der Waals surface area contributed by atoms with Crippen molar-refractivity contribution in [1.29, 1.82) is 0 Å². The van der Waals surface area contributed by atoms with Crippen LogP contribution in [0.3, 0.4) is 0 Å². The molecule has 1 atom stereocenters. The predicted octanol–water partition coefficient (Wildman–Crippen LogP) is 1.70. The van der Waals surface area contributed by atoms with Gasteiger partial charge in [-0.15, -0.1) is 0 Å². The van der Waals surface area contributed by atoms with Crippen LogP contribution in [0.2, 0.25) is 0 Å². The highest BCUT2D eigenvalue weighted by Crippen LogP contribution is 2.13. The first kappa shape index (κ1) is 14.1. The average Bonchev–Trinajstić information content (AvgIpc) is 2.38. The molecule has 0 aliphatic carbocycles. The molecule has 1 aliphatic rings. The molecule has 1 N–H and O–H groups in total. The van der Waals surface area contributed by atoms with Crippen molar-refractivity contribution < 1.29 is 14.6 Å². The van der Waals surface area contributed by atoms with Crippen LogP contribution in [0.4, 0.5) is 0 Å². The van der Waals surface area contributed by atoms with Crippen LogP contribution in [0.1, 0.15) is 38.5 Å². The van der Waals surface area contributed by atoms with Crippen molar-refractivity contribution in [2.24, 2.45) is 0 Å². The Morgan fingerprint density at radius 2 is 1.94 bits per heavy atom. The number of aliphatic hydroxyl groups excluding tert-OH is 1. The van der Waals surface area contributed by atoms with E-state index in [-0.39, 0.29) is 12.9 Å². The maximum atomic E-state index is 8.50. The highest BCUT2D eigenvalue weighted by molar-refractivity contribution is 5.11. The summed E-state index contributed by atoms with van der Waals surface area (Å²) < 4.78 is 11.0. The highest BCUT2D eigenvalue weighted by atomic mass is 16.7. The van der Waals surface area contributed by atoms with E-state index in [4.69, 9.17) is 14.6 Å². The Morgan fingerprint density at radius 3 is 2.65 bits per heavy atom. The molecule has 1 saturated heterocycles. The van der Waals surface area contributed by atoms with Crippen molar-refractivity contribution in [1.82, 2.24) is 0 Å². The zero-order valence-corrected chi connectivity index (χ0v) is 10.2. The fourth-order valence-electron chi connectivity index (χ4n) is 1.49. The van der Waals surface area contributed by atoms with Gasteiger partial charge in [-0.2, -0.15) is 0 Å². The molecule has 0 aromatic carbocycles.